The van der Waals surface area contributed by atoms with Gasteiger partial charge >= 0.3 is 0 Å². The van der Waals surface area contributed by atoms with Crippen LogP contribution in [0.2, 0.25) is 0 Å². The van der Waals surface area contributed by atoms with Gasteiger partial charge in [-0.1, -0.05) is 0 Å². The minimum absolute atomic E-state index is 0.0657. The maximum atomic E-state index is 12.6. The molecule has 3 N–H and O–H groups in total. The summed E-state index contributed by atoms with van der Waals surface area (Å²) in [5.41, 5.74) is 2.37. The van der Waals surface area contributed by atoms with Gasteiger partial charge in [0.1, 0.15) is 5.75 Å². The molecule has 0 saturated carbocycles. The number of aromatic amines is 1. The molecule has 1 fully saturated rings. The van der Waals surface area contributed by atoms with Crippen molar-refractivity contribution in [3.05, 3.63) is 29.5 Å². The zero-order valence-corrected chi connectivity index (χ0v) is 10.9. The van der Waals surface area contributed by atoms with Crippen LogP contribution >= 0.6 is 0 Å². The summed E-state index contributed by atoms with van der Waals surface area (Å²) in [5.74, 6) is 0.269. The highest BCUT2D eigenvalue weighted by atomic mass is 16.3. The minimum atomic E-state index is 0.0657. The smallest absolute Gasteiger partial charge is 0.256 e. The SMILES string of the molecule is Cc1[nH]c2cc(O)ccc2c1C(=O)N1CCNCC1. The number of nitrogens with zero attached hydrogens (tertiary/aromatic N) is 1. The highest BCUT2D eigenvalue weighted by Gasteiger charge is 2.23. The first kappa shape index (κ1) is 12.0. The first-order valence-corrected chi connectivity index (χ1v) is 6.48. The Labute approximate surface area is 111 Å². The van der Waals surface area contributed by atoms with Crippen LogP contribution in [0.15, 0.2) is 18.2 Å². The van der Waals surface area contributed by atoms with E-state index in [9.17, 15) is 9.90 Å². The molecule has 0 bridgehead atoms. The lowest BCUT2D eigenvalue weighted by Crippen LogP contribution is -2.46. The number of hydrogen-bond donors (Lipinski definition) is 3. The zero-order chi connectivity index (χ0) is 13.4. The average molecular weight is 259 g/mol. The number of piperazine rings is 1. The second-order valence-electron chi connectivity index (χ2n) is 4.90. The van der Waals surface area contributed by atoms with Gasteiger partial charge in [-0.2, -0.15) is 0 Å². The van der Waals surface area contributed by atoms with E-state index < -0.39 is 0 Å². The summed E-state index contributed by atoms with van der Waals surface area (Å²) in [5, 5.41) is 13.6. The maximum absolute atomic E-state index is 12.6. The van der Waals surface area contributed by atoms with Crippen LogP contribution in [-0.2, 0) is 0 Å². The summed E-state index contributed by atoms with van der Waals surface area (Å²) in [6, 6.07) is 5.06. The first-order valence-electron chi connectivity index (χ1n) is 6.48. The topological polar surface area (TPSA) is 68.4 Å². The molecule has 1 aromatic carbocycles. The van der Waals surface area contributed by atoms with Crippen LogP contribution in [0.25, 0.3) is 10.9 Å². The number of nitrogens with one attached hydrogen (secondary N) is 2. The van der Waals surface area contributed by atoms with Crippen LogP contribution in [0, 0.1) is 6.92 Å². The van der Waals surface area contributed by atoms with Crippen molar-refractivity contribution >= 4 is 16.8 Å². The van der Waals surface area contributed by atoms with Crippen LogP contribution in [0.1, 0.15) is 16.1 Å². The molecule has 0 radical (unpaired) electrons. The van der Waals surface area contributed by atoms with Crippen molar-refractivity contribution in [3.8, 4) is 5.75 Å². The first-order chi connectivity index (χ1) is 9.16. The molecule has 0 spiro atoms. The molecular weight excluding hydrogens is 242 g/mol. The van der Waals surface area contributed by atoms with Crippen molar-refractivity contribution in [2.75, 3.05) is 26.2 Å². The Balaban J connectivity index is 2.03. The van der Waals surface area contributed by atoms with Crippen molar-refractivity contribution in [2.45, 2.75) is 6.92 Å². The zero-order valence-electron chi connectivity index (χ0n) is 10.9. The number of fused-ring (bicyclic) bond motifs is 1. The maximum Gasteiger partial charge on any atom is 0.256 e. The molecule has 19 heavy (non-hydrogen) atoms. The van der Waals surface area contributed by atoms with Gasteiger partial charge < -0.3 is 20.3 Å². The number of phenols is 1. The quantitative estimate of drug-likeness (QED) is 0.721. The van der Waals surface area contributed by atoms with Crippen molar-refractivity contribution in [2.24, 2.45) is 0 Å². The number of benzene rings is 1. The summed E-state index contributed by atoms with van der Waals surface area (Å²) < 4.78 is 0. The van der Waals surface area contributed by atoms with Gasteiger partial charge in [-0.15, -0.1) is 0 Å². The van der Waals surface area contributed by atoms with Crippen molar-refractivity contribution in [3.63, 3.8) is 0 Å². The molecule has 1 aliphatic heterocycles. The number of hydrogen-bond acceptors (Lipinski definition) is 3. The van der Waals surface area contributed by atoms with Gasteiger partial charge in [0.05, 0.1) is 11.1 Å². The molecule has 100 valence electrons. The molecule has 1 aliphatic rings. The largest absolute Gasteiger partial charge is 0.508 e. The van der Waals surface area contributed by atoms with E-state index in [1.807, 2.05) is 11.8 Å². The molecule has 1 amide bonds. The Morgan fingerprint density at radius 2 is 2.05 bits per heavy atom. The molecule has 3 rings (SSSR count). The van der Waals surface area contributed by atoms with E-state index in [-0.39, 0.29) is 11.7 Å². The summed E-state index contributed by atoms with van der Waals surface area (Å²) in [4.78, 5) is 17.6. The van der Waals surface area contributed by atoms with Crippen LogP contribution in [0.5, 0.6) is 5.75 Å². The molecule has 5 nitrogen and oxygen atoms in total. The lowest BCUT2D eigenvalue weighted by atomic mass is 10.1. The predicted octanol–water partition coefficient (Wildman–Crippen LogP) is 1.23. The fourth-order valence-electron chi connectivity index (χ4n) is 2.62. The van der Waals surface area contributed by atoms with E-state index in [0.717, 1.165) is 48.3 Å². The van der Waals surface area contributed by atoms with Crippen LogP contribution in [0.4, 0.5) is 0 Å². The molecule has 0 atom stereocenters. The number of rotatable bonds is 1. The van der Waals surface area contributed by atoms with Gasteiger partial charge in [-0.3, -0.25) is 4.79 Å². The Hall–Kier alpha value is -2.01. The molecule has 1 aromatic heterocycles. The number of carbonyl (C=O) groups excluding carboxylic acids is 1. The van der Waals surface area contributed by atoms with E-state index in [1.54, 1.807) is 18.2 Å². The molecule has 5 heteroatoms. The molecule has 0 aliphatic carbocycles. The van der Waals surface area contributed by atoms with E-state index in [1.165, 1.54) is 0 Å². The normalized spacial score (nSPS) is 15.9. The van der Waals surface area contributed by atoms with E-state index in [4.69, 9.17) is 0 Å². The predicted molar refractivity (Wildman–Crippen MR) is 73.5 cm³/mol. The summed E-state index contributed by atoms with van der Waals surface area (Å²) >= 11 is 0. The second-order valence-corrected chi connectivity index (χ2v) is 4.90. The van der Waals surface area contributed by atoms with Crippen LogP contribution < -0.4 is 5.32 Å². The Kier molecular flexibility index (Phi) is 2.91. The van der Waals surface area contributed by atoms with Gasteiger partial charge in [0.15, 0.2) is 0 Å². The van der Waals surface area contributed by atoms with E-state index >= 15 is 0 Å². The number of H-pyrrole nitrogens is 1. The molecule has 2 aromatic rings. The molecule has 2 heterocycles. The number of amides is 1. The highest BCUT2D eigenvalue weighted by Crippen LogP contribution is 2.26. The fourth-order valence-corrected chi connectivity index (χ4v) is 2.62. The standard InChI is InChI=1S/C14H17N3O2/c1-9-13(14(19)17-6-4-15-5-7-17)11-3-2-10(18)8-12(11)16-9/h2-3,8,15-16,18H,4-7H2,1H3. The third-order valence-electron chi connectivity index (χ3n) is 3.59. The van der Waals surface area contributed by atoms with Crippen molar-refractivity contribution < 1.29 is 9.90 Å². The van der Waals surface area contributed by atoms with Crippen LogP contribution in [0.3, 0.4) is 0 Å². The molecule has 1 saturated heterocycles. The molecule has 0 unspecified atom stereocenters. The number of aromatic nitrogens is 1. The summed E-state index contributed by atoms with van der Waals surface area (Å²) in [7, 11) is 0. The highest BCUT2D eigenvalue weighted by molar-refractivity contribution is 6.08. The minimum Gasteiger partial charge on any atom is -0.508 e. The van der Waals surface area contributed by atoms with Gasteiger partial charge in [0.25, 0.3) is 5.91 Å². The Morgan fingerprint density at radius 1 is 1.32 bits per heavy atom. The summed E-state index contributed by atoms with van der Waals surface area (Å²) in [6.45, 7) is 5.06. The average Bonchev–Trinajstić information content (AvgIpc) is 2.74. The van der Waals surface area contributed by atoms with Crippen molar-refractivity contribution in [1.82, 2.24) is 15.2 Å². The third kappa shape index (κ3) is 2.06. The monoisotopic (exact) mass is 259 g/mol. The third-order valence-corrected chi connectivity index (χ3v) is 3.59. The van der Waals surface area contributed by atoms with Gasteiger partial charge in [0, 0.05) is 43.3 Å². The number of aromatic hydroxyl groups is 1. The molecular formula is C14H17N3O2. The van der Waals surface area contributed by atoms with Gasteiger partial charge in [-0.25, -0.2) is 0 Å². The second kappa shape index (κ2) is 4.59. The Morgan fingerprint density at radius 3 is 2.79 bits per heavy atom. The van der Waals surface area contributed by atoms with Gasteiger partial charge in [0.2, 0.25) is 0 Å². The lowest BCUT2D eigenvalue weighted by Gasteiger charge is -2.27. The van der Waals surface area contributed by atoms with Crippen molar-refractivity contribution in [1.29, 1.82) is 0 Å². The van der Waals surface area contributed by atoms with E-state index in [0.29, 0.717) is 0 Å². The number of aryl methyl sites for hydroxylation is 1. The lowest BCUT2D eigenvalue weighted by molar-refractivity contribution is 0.0737. The number of carbonyl (C=O) groups is 1. The van der Waals surface area contributed by atoms with Crippen LogP contribution in [-0.4, -0.2) is 47.1 Å². The van der Waals surface area contributed by atoms with Gasteiger partial charge in [-0.05, 0) is 19.1 Å². The fraction of sp³-hybridized carbons (Fsp3) is 0.357. The number of phenolic OH excluding ortho intramolecular Hbond substituents is 1. The van der Waals surface area contributed by atoms with E-state index in [2.05, 4.69) is 10.3 Å². The summed E-state index contributed by atoms with van der Waals surface area (Å²) in [6.07, 6.45) is 0. The Bertz CT molecular complexity index is 627.